The number of carboxylic acid groups (broad SMARTS) is 1. The summed E-state index contributed by atoms with van der Waals surface area (Å²) in [5, 5.41) is 17.2. The Kier molecular flexibility index (Phi) is 13.3. The molecule has 37 heavy (non-hydrogen) atoms. The standard InChI is InChI=1S/C26H40N4O7/c1-17(31)28-19(13-14-22(32)37-26(2,3)4)23(33)30-21(16-18-10-6-5-7-11-18)24(34)29-20(25(35)36)12-8-9-15-27/h5-7,10-11,19-21H,8-9,12-16,27H2,1-4H3,(H,28,31)(H,29,34)(H,30,33)(H,35,36)/t19-,20-,21-/m0/s1. The van der Waals surface area contributed by atoms with Crippen LogP contribution in [0, 0.1) is 0 Å². The smallest absolute Gasteiger partial charge is 0.326 e. The third-order valence-electron chi connectivity index (χ3n) is 5.23. The van der Waals surface area contributed by atoms with Crippen molar-refractivity contribution in [1.29, 1.82) is 0 Å². The van der Waals surface area contributed by atoms with Gasteiger partial charge in [0.05, 0.1) is 0 Å². The van der Waals surface area contributed by atoms with E-state index in [2.05, 4.69) is 16.0 Å². The van der Waals surface area contributed by atoms with Crippen LogP contribution in [0.15, 0.2) is 30.3 Å². The van der Waals surface area contributed by atoms with E-state index in [-0.39, 0.29) is 25.7 Å². The second-order valence-corrected chi connectivity index (χ2v) is 9.81. The molecular formula is C26H40N4O7. The van der Waals surface area contributed by atoms with Gasteiger partial charge in [-0.3, -0.25) is 19.2 Å². The highest BCUT2D eigenvalue weighted by molar-refractivity contribution is 5.93. The Hall–Kier alpha value is -3.47. The predicted octanol–water partition coefficient (Wildman–Crippen LogP) is 1.04. The van der Waals surface area contributed by atoms with Gasteiger partial charge < -0.3 is 31.5 Å². The van der Waals surface area contributed by atoms with Gasteiger partial charge in [0.1, 0.15) is 23.7 Å². The Balaban J connectivity index is 3.04. The predicted molar refractivity (Wildman–Crippen MR) is 137 cm³/mol. The second-order valence-electron chi connectivity index (χ2n) is 9.81. The zero-order valence-electron chi connectivity index (χ0n) is 22.0. The largest absolute Gasteiger partial charge is 0.480 e. The van der Waals surface area contributed by atoms with Crippen LogP contribution < -0.4 is 21.7 Å². The van der Waals surface area contributed by atoms with E-state index in [1.807, 2.05) is 0 Å². The lowest BCUT2D eigenvalue weighted by atomic mass is 10.0. The summed E-state index contributed by atoms with van der Waals surface area (Å²) in [5.41, 5.74) is 5.51. The van der Waals surface area contributed by atoms with E-state index in [0.717, 1.165) is 5.56 Å². The minimum absolute atomic E-state index is 0.0448. The number of carbonyl (C=O) groups excluding carboxylic acids is 4. The molecule has 0 bridgehead atoms. The van der Waals surface area contributed by atoms with Crippen molar-refractivity contribution in [2.24, 2.45) is 5.73 Å². The highest BCUT2D eigenvalue weighted by Crippen LogP contribution is 2.11. The van der Waals surface area contributed by atoms with Crippen molar-refractivity contribution >= 4 is 29.7 Å². The fourth-order valence-corrected chi connectivity index (χ4v) is 3.52. The van der Waals surface area contributed by atoms with E-state index in [1.54, 1.807) is 51.1 Å². The van der Waals surface area contributed by atoms with Crippen LogP contribution in [0.4, 0.5) is 0 Å². The van der Waals surface area contributed by atoms with Crippen molar-refractivity contribution in [2.45, 2.75) is 89.9 Å². The number of nitrogens with two attached hydrogens (primary N) is 1. The fourth-order valence-electron chi connectivity index (χ4n) is 3.52. The van der Waals surface area contributed by atoms with Gasteiger partial charge in [0, 0.05) is 19.8 Å². The minimum atomic E-state index is -1.19. The number of hydrogen-bond acceptors (Lipinski definition) is 7. The van der Waals surface area contributed by atoms with Gasteiger partial charge in [-0.1, -0.05) is 30.3 Å². The maximum Gasteiger partial charge on any atom is 0.326 e. The molecule has 1 aromatic carbocycles. The molecule has 0 aliphatic carbocycles. The Morgan fingerprint density at radius 2 is 1.49 bits per heavy atom. The van der Waals surface area contributed by atoms with E-state index in [4.69, 9.17) is 10.5 Å². The monoisotopic (exact) mass is 520 g/mol. The van der Waals surface area contributed by atoms with E-state index in [0.29, 0.717) is 19.4 Å². The average molecular weight is 521 g/mol. The first-order valence-corrected chi connectivity index (χ1v) is 12.4. The lowest BCUT2D eigenvalue weighted by Crippen LogP contribution is -2.56. The number of amides is 3. The number of carboxylic acids is 1. The van der Waals surface area contributed by atoms with Gasteiger partial charge in [0.25, 0.3) is 0 Å². The van der Waals surface area contributed by atoms with Gasteiger partial charge in [-0.25, -0.2) is 4.79 Å². The summed E-state index contributed by atoms with van der Waals surface area (Å²) in [6.07, 6.45) is 1.23. The van der Waals surface area contributed by atoms with Crippen LogP contribution in [0.1, 0.15) is 65.4 Å². The van der Waals surface area contributed by atoms with Gasteiger partial charge in [-0.05, 0) is 58.6 Å². The average Bonchev–Trinajstić information content (AvgIpc) is 2.79. The molecule has 0 aliphatic rings. The van der Waals surface area contributed by atoms with Crippen molar-refractivity contribution in [3.8, 4) is 0 Å². The summed E-state index contributed by atoms with van der Waals surface area (Å²) in [4.78, 5) is 61.8. The van der Waals surface area contributed by atoms with Gasteiger partial charge in [0.15, 0.2) is 0 Å². The molecule has 0 saturated carbocycles. The molecule has 0 aliphatic heterocycles. The molecule has 0 aromatic heterocycles. The molecule has 0 saturated heterocycles. The Labute approximate surface area is 217 Å². The first kappa shape index (κ1) is 31.6. The van der Waals surface area contributed by atoms with Crippen LogP contribution in [0.5, 0.6) is 0 Å². The van der Waals surface area contributed by atoms with E-state index in [1.165, 1.54) is 6.92 Å². The summed E-state index contributed by atoms with van der Waals surface area (Å²) < 4.78 is 5.27. The fraction of sp³-hybridized carbons (Fsp3) is 0.577. The molecule has 0 heterocycles. The molecule has 3 atom stereocenters. The van der Waals surface area contributed by atoms with Crippen LogP contribution in [0.25, 0.3) is 0 Å². The number of hydrogen-bond donors (Lipinski definition) is 5. The third-order valence-corrected chi connectivity index (χ3v) is 5.23. The number of esters is 1. The van der Waals surface area contributed by atoms with Crippen LogP contribution in [-0.4, -0.2) is 65.0 Å². The summed E-state index contributed by atoms with van der Waals surface area (Å²) in [6, 6.07) is 5.54. The van der Waals surface area contributed by atoms with Gasteiger partial charge in [0.2, 0.25) is 17.7 Å². The minimum Gasteiger partial charge on any atom is -0.480 e. The molecule has 3 amide bonds. The molecular weight excluding hydrogens is 480 g/mol. The zero-order valence-corrected chi connectivity index (χ0v) is 22.0. The molecule has 1 aromatic rings. The molecule has 0 radical (unpaired) electrons. The van der Waals surface area contributed by atoms with Crippen LogP contribution in [-0.2, 0) is 35.1 Å². The number of carbonyl (C=O) groups is 5. The number of rotatable bonds is 15. The van der Waals surface area contributed by atoms with Gasteiger partial charge >= 0.3 is 11.9 Å². The lowest BCUT2D eigenvalue weighted by molar-refractivity contribution is -0.155. The van der Waals surface area contributed by atoms with Crippen molar-refractivity contribution < 1.29 is 33.8 Å². The molecule has 1 rings (SSSR count). The first-order chi connectivity index (χ1) is 17.3. The topological polar surface area (TPSA) is 177 Å². The van der Waals surface area contributed by atoms with Crippen LogP contribution in [0.3, 0.4) is 0 Å². The normalized spacial score (nSPS) is 13.5. The quantitative estimate of drug-likeness (QED) is 0.168. The molecule has 11 nitrogen and oxygen atoms in total. The molecule has 6 N–H and O–H groups in total. The summed E-state index contributed by atoms with van der Waals surface area (Å²) in [6.45, 7) is 6.80. The number of aliphatic carboxylic acids is 1. The summed E-state index contributed by atoms with van der Waals surface area (Å²) >= 11 is 0. The second kappa shape index (κ2) is 15.6. The van der Waals surface area contributed by atoms with E-state index in [9.17, 15) is 29.1 Å². The summed E-state index contributed by atoms with van der Waals surface area (Å²) in [7, 11) is 0. The van der Waals surface area contributed by atoms with Crippen LogP contribution >= 0.6 is 0 Å². The van der Waals surface area contributed by atoms with Crippen LogP contribution in [0.2, 0.25) is 0 Å². The highest BCUT2D eigenvalue weighted by Gasteiger charge is 2.30. The Bertz CT molecular complexity index is 915. The summed E-state index contributed by atoms with van der Waals surface area (Å²) in [5.74, 6) is -3.56. The number of nitrogens with one attached hydrogen (secondary N) is 3. The molecule has 11 heteroatoms. The Morgan fingerprint density at radius 1 is 0.892 bits per heavy atom. The van der Waals surface area contributed by atoms with Crippen molar-refractivity contribution in [3.05, 3.63) is 35.9 Å². The first-order valence-electron chi connectivity index (χ1n) is 12.4. The SMILES string of the molecule is CC(=O)N[C@@H](CCC(=O)OC(C)(C)C)C(=O)N[C@@H](Cc1ccccc1)C(=O)N[C@@H](CCCCN)C(=O)O. The maximum absolute atomic E-state index is 13.1. The maximum atomic E-state index is 13.1. The molecule has 0 unspecified atom stereocenters. The van der Waals surface area contributed by atoms with Crippen molar-refractivity contribution in [1.82, 2.24) is 16.0 Å². The number of unbranched alkanes of at least 4 members (excludes halogenated alkanes) is 1. The zero-order chi connectivity index (χ0) is 28.0. The van der Waals surface area contributed by atoms with Crippen molar-refractivity contribution in [2.75, 3.05) is 6.54 Å². The molecule has 0 spiro atoms. The highest BCUT2D eigenvalue weighted by atomic mass is 16.6. The lowest BCUT2D eigenvalue weighted by Gasteiger charge is -2.25. The molecule has 0 fully saturated rings. The number of benzene rings is 1. The van der Waals surface area contributed by atoms with Gasteiger partial charge in [-0.15, -0.1) is 0 Å². The van der Waals surface area contributed by atoms with E-state index >= 15 is 0 Å². The molecule has 206 valence electrons. The van der Waals surface area contributed by atoms with Gasteiger partial charge in [-0.2, -0.15) is 0 Å². The third kappa shape index (κ3) is 13.4. The van der Waals surface area contributed by atoms with E-state index < -0.39 is 53.4 Å². The van der Waals surface area contributed by atoms with Crippen molar-refractivity contribution in [3.63, 3.8) is 0 Å². The number of ether oxygens (including phenoxy) is 1. The Morgan fingerprint density at radius 3 is 2.03 bits per heavy atom.